The Kier molecular flexibility index (Phi) is 5.58. The molecule has 0 atom stereocenters. The number of nitrogens with one attached hydrogen (secondary N) is 1. The molecule has 0 fully saturated rings. The summed E-state index contributed by atoms with van der Waals surface area (Å²) in [5.74, 6) is 0.584. The Hall–Kier alpha value is -3.02. The number of fused-ring (bicyclic) bond motifs is 1. The van der Waals surface area contributed by atoms with Crippen molar-refractivity contribution >= 4 is 16.8 Å². The Labute approximate surface area is 164 Å². The normalized spacial score (nSPS) is 11.0. The van der Waals surface area contributed by atoms with Crippen LogP contribution in [0.4, 0.5) is 0 Å². The number of amides is 1. The van der Waals surface area contributed by atoms with E-state index < -0.39 is 0 Å². The number of unbranched alkanes of at least 4 members (excludes halogenated alkanes) is 1. The summed E-state index contributed by atoms with van der Waals surface area (Å²) in [5, 5.41) is 0.836. The second-order valence-corrected chi connectivity index (χ2v) is 7.25. The van der Waals surface area contributed by atoms with Gasteiger partial charge in [0.25, 0.3) is 11.5 Å². The van der Waals surface area contributed by atoms with Gasteiger partial charge in [-0.25, -0.2) is 0 Å². The quantitative estimate of drug-likeness (QED) is 0.706. The van der Waals surface area contributed by atoms with Gasteiger partial charge >= 0.3 is 0 Å². The van der Waals surface area contributed by atoms with E-state index in [0.29, 0.717) is 23.4 Å². The van der Waals surface area contributed by atoms with E-state index in [-0.39, 0.29) is 11.5 Å². The minimum atomic E-state index is -0.0790. The lowest BCUT2D eigenvalue weighted by Gasteiger charge is -2.16. The van der Waals surface area contributed by atoms with Crippen LogP contribution in [0.1, 0.15) is 35.8 Å². The summed E-state index contributed by atoms with van der Waals surface area (Å²) in [6.07, 6.45) is 3.80. The molecule has 3 rings (SSSR count). The molecule has 28 heavy (non-hydrogen) atoms. The molecule has 6 nitrogen and oxygen atoms in total. The van der Waals surface area contributed by atoms with Gasteiger partial charge in [-0.3, -0.25) is 9.59 Å². The highest BCUT2D eigenvalue weighted by molar-refractivity contribution is 6.00. The van der Waals surface area contributed by atoms with Crippen molar-refractivity contribution in [2.45, 2.75) is 33.2 Å². The van der Waals surface area contributed by atoms with Gasteiger partial charge in [0.1, 0.15) is 11.3 Å². The van der Waals surface area contributed by atoms with Gasteiger partial charge in [-0.1, -0.05) is 13.3 Å². The van der Waals surface area contributed by atoms with Crippen molar-refractivity contribution in [2.24, 2.45) is 0 Å². The van der Waals surface area contributed by atoms with Crippen molar-refractivity contribution in [3.63, 3.8) is 0 Å². The van der Waals surface area contributed by atoms with Crippen molar-refractivity contribution in [3.8, 4) is 16.9 Å². The zero-order valence-electron chi connectivity index (χ0n) is 17.1. The Morgan fingerprint density at radius 2 is 1.96 bits per heavy atom. The number of pyridine rings is 1. The number of aromatic nitrogens is 2. The number of methoxy groups -OCH3 is 1. The first-order chi connectivity index (χ1) is 13.4. The second-order valence-electron chi connectivity index (χ2n) is 7.25. The lowest BCUT2D eigenvalue weighted by Crippen LogP contribution is -2.22. The summed E-state index contributed by atoms with van der Waals surface area (Å²) in [6, 6.07) is 7.37. The van der Waals surface area contributed by atoms with E-state index in [4.69, 9.17) is 4.74 Å². The third kappa shape index (κ3) is 3.54. The van der Waals surface area contributed by atoms with Crippen LogP contribution in [-0.4, -0.2) is 41.6 Å². The van der Waals surface area contributed by atoms with Crippen molar-refractivity contribution in [3.05, 3.63) is 52.1 Å². The first-order valence-corrected chi connectivity index (χ1v) is 9.50. The molecule has 1 N–H and O–H groups in total. The standard InChI is InChI=1S/C22H27N3O3/c1-6-7-10-25-13-18(17-11-14(2)23-20(17)22(25)27)16-12-15(21(26)24(3)4)8-9-19(16)28-5/h8-9,11-13,23H,6-7,10H2,1-5H3. The van der Waals surface area contributed by atoms with Gasteiger partial charge in [0.2, 0.25) is 0 Å². The van der Waals surface area contributed by atoms with Crippen molar-refractivity contribution in [1.29, 1.82) is 0 Å². The molecule has 0 spiro atoms. The minimum Gasteiger partial charge on any atom is -0.496 e. The summed E-state index contributed by atoms with van der Waals surface area (Å²) in [6.45, 7) is 4.68. The van der Waals surface area contributed by atoms with E-state index in [1.807, 2.05) is 25.3 Å². The maximum Gasteiger partial charge on any atom is 0.274 e. The number of nitrogens with zero attached hydrogens (tertiary/aromatic N) is 2. The van der Waals surface area contributed by atoms with E-state index in [2.05, 4.69) is 11.9 Å². The largest absolute Gasteiger partial charge is 0.496 e. The van der Waals surface area contributed by atoms with Gasteiger partial charge < -0.3 is 19.2 Å². The predicted octanol–water partition coefficient (Wildman–Crippen LogP) is 3.82. The van der Waals surface area contributed by atoms with Gasteiger partial charge in [0.05, 0.1) is 7.11 Å². The van der Waals surface area contributed by atoms with Gasteiger partial charge in [-0.05, 0) is 37.6 Å². The molecule has 148 valence electrons. The molecule has 0 saturated carbocycles. The zero-order valence-corrected chi connectivity index (χ0v) is 17.1. The lowest BCUT2D eigenvalue weighted by atomic mass is 9.99. The number of aromatic amines is 1. The number of hydrogen-bond donors (Lipinski definition) is 1. The average Bonchev–Trinajstić information content (AvgIpc) is 3.08. The molecule has 0 bridgehead atoms. The number of aryl methyl sites for hydroxylation is 2. The highest BCUT2D eigenvalue weighted by Crippen LogP contribution is 2.35. The first-order valence-electron chi connectivity index (χ1n) is 9.50. The third-order valence-corrected chi connectivity index (χ3v) is 4.90. The molecule has 0 aliphatic rings. The summed E-state index contributed by atoms with van der Waals surface area (Å²) in [4.78, 5) is 30.1. The molecule has 0 unspecified atom stereocenters. The van der Waals surface area contributed by atoms with Crippen LogP contribution in [0.3, 0.4) is 0 Å². The fraction of sp³-hybridized carbons (Fsp3) is 0.364. The Bertz CT molecular complexity index is 1080. The summed E-state index contributed by atoms with van der Waals surface area (Å²) in [5.41, 5.74) is 3.72. The van der Waals surface area contributed by atoms with Crippen LogP contribution in [0.2, 0.25) is 0 Å². The fourth-order valence-corrected chi connectivity index (χ4v) is 3.42. The van der Waals surface area contributed by atoms with Crippen LogP contribution in [0, 0.1) is 6.92 Å². The van der Waals surface area contributed by atoms with Crippen LogP contribution in [0.25, 0.3) is 22.0 Å². The molecule has 2 heterocycles. The minimum absolute atomic E-state index is 0.0280. The fourth-order valence-electron chi connectivity index (χ4n) is 3.42. The van der Waals surface area contributed by atoms with Crippen LogP contribution in [-0.2, 0) is 6.54 Å². The lowest BCUT2D eigenvalue weighted by molar-refractivity contribution is 0.0827. The van der Waals surface area contributed by atoms with Gasteiger partial charge in [0.15, 0.2) is 0 Å². The summed E-state index contributed by atoms with van der Waals surface area (Å²) < 4.78 is 7.33. The maximum absolute atomic E-state index is 12.9. The van der Waals surface area contributed by atoms with Crippen LogP contribution in [0.5, 0.6) is 5.75 Å². The number of benzene rings is 1. The molecule has 0 saturated heterocycles. The number of ether oxygens (including phenoxy) is 1. The molecule has 6 heteroatoms. The molecule has 0 radical (unpaired) electrons. The highest BCUT2D eigenvalue weighted by Gasteiger charge is 2.18. The molecule has 3 aromatic rings. The Morgan fingerprint density at radius 3 is 2.61 bits per heavy atom. The van der Waals surface area contributed by atoms with Gasteiger partial charge in [0, 0.05) is 54.6 Å². The van der Waals surface area contributed by atoms with Gasteiger partial charge in [-0.15, -0.1) is 0 Å². The van der Waals surface area contributed by atoms with Crippen molar-refractivity contribution in [2.75, 3.05) is 21.2 Å². The molecule has 1 amide bonds. The molecular formula is C22H27N3O3. The Morgan fingerprint density at radius 1 is 1.21 bits per heavy atom. The van der Waals surface area contributed by atoms with E-state index >= 15 is 0 Å². The Balaban J connectivity index is 2.30. The monoisotopic (exact) mass is 381 g/mol. The molecule has 1 aromatic carbocycles. The maximum atomic E-state index is 12.9. The number of rotatable bonds is 6. The molecule has 0 aliphatic carbocycles. The van der Waals surface area contributed by atoms with E-state index in [1.54, 1.807) is 42.8 Å². The number of H-pyrrole nitrogens is 1. The highest BCUT2D eigenvalue weighted by atomic mass is 16.5. The topological polar surface area (TPSA) is 67.3 Å². The first kappa shape index (κ1) is 19.7. The predicted molar refractivity (Wildman–Crippen MR) is 112 cm³/mol. The third-order valence-electron chi connectivity index (χ3n) is 4.90. The molecular weight excluding hydrogens is 354 g/mol. The summed E-state index contributed by atoms with van der Waals surface area (Å²) in [7, 11) is 5.06. The van der Waals surface area contributed by atoms with Gasteiger partial charge in [-0.2, -0.15) is 0 Å². The van der Waals surface area contributed by atoms with Crippen LogP contribution in [0.15, 0.2) is 35.3 Å². The number of carbonyl (C=O) groups is 1. The van der Waals surface area contributed by atoms with E-state index in [1.165, 1.54) is 0 Å². The van der Waals surface area contributed by atoms with E-state index in [0.717, 1.165) is 35.0 Å². The smallest absolute Gasteiger partial charge is 0.274 e. The van der Waals surface area contributed by atoms with Crippen molar-refractivity contribution in [1.82, 2.24) is 14.5 Å². The number of hydrogen-bond acceptors (Lipinski definition) is 3. The van der Waals surface area contributed by atoms with Crippen LogP contribution < -0.4 is 10.3 Å². The van der Waals surface area contributed by atoms with E-state index in [9.17, 15) is 9.59 Å². The van der Waals surface area contributed by atoms with Crippen LogP contribution >= 0.6 is 0 Å². The SMILES string of the molecule is CCCCn1cc(-c2cc(C(=O)N(C)C)ccc2OC)c2cc(C)[nH]c2c1=O. The molecule has 0 aliphatic heterocycles. The van der Waals surface area contributed by atoms with Crippen molar-refractivity contribution < 1.29 is 9.53 Å². The second kappa shape index (κ2) is 7.92. The molecule has 2 aromatic heterocycles. The summed E-state index contributed by atoms with van der Waals surface area (Å²) >= 11 is 0. The average molecular weight is 381 g/mol. The number of carbonyl (C=O) groups excluding carboxylic acids is 1. The zero-order chi connectivity index (χ0) is 20.4.